The Morgan fingerprint density at radius 2 is 0.470 bits per heavy atom. The van der Waals surface area contributed by atoms with E-state index in [-0.39, 0.29) is 31.1 Å². The third-order valence-corrected chi connectivity index (χ3v) is 15.9. The Balaban J connectivity index is 4.30. The van der Waals surface area contributed by atoms with Gasteiger partial charge < -0.3 is 14.2 Å². The molecule has 0 N–H and O–H groups in total. The SMILES string of the molecule is CC/C=C\C/C=C\C/C=C\C/C=C\C/C=C\C/C=C\CCCCCCCCCCC(=O)OCC(COC(=O)CCCCCCC/C=C\CCCCCCC)OC(=O)CCCCCCCCCCCCCCCCCCCCCCCCCC. The second-order valence-corrected chi connectivity index (χ2v) is 24.1. The van der Waals surface area contributed by atoms with Crippen LogP contribution in [-0.2, 0) is 28.6 Å². The van der Waals surface area contributed by atoms with Gasteiger partial charge in [-0.1, -0.05) is 337 Å². The predicted molar refractivity (Wildman–Crippen MR) is 362 cm³/mol. The summed E-state index contributed by atoms with van der Waals surface area (Å²) in [6.45, 7) is 6.56. The first-order valence-corrected chi connectivity index (χ1v) is 36.1. The fraction of sp³-hybridized carbons (Fsp3) is 0.779. The first-order chi connectivity index (χ1) is 41.0. The minimum atomic E-state index is -0.784. The van der Waals surface area contributed by atoms with Crippen molar-refractivity contribution in [1.29, 1.82) is 0 Å². The lowest BCUT2D eigenvalue weighted by Crippen LogP contribution is -2.30. The number of unbranched alkanes of at least 4 members (excludes halogenated alkanes) is 41. The number of ether oxygens (including phenoxy) is 3. The zero-order valence-corrected chi connectivity index (χ0v) is 55.2. The van der Waals surface area contributed by atoms with Gasteiger partial charge in [0.05, 0.1) is 0 Å². The molecule has 0 aromatic carbocycles. The summed E-state index contributed by atoms with van der Waals surface area (Å²) in [7, 11) is 0. The molecule has 480 valence electrons. The molecular weight excluding hydrogens is 1020 g/mol. The molecular formula is C77H136O6. The number of allylic oxidation sites excluding steroid dienone is 14. The van der Waals surface area contributed by atoms with Crippen LogP contribution in [0.1, 0.15) is 367 Å². The third-order valence-electron chi connectivity index (χ3n) is 15.9. The molecule has 0 aliphatic heterocycles. The highest BCUT2D eigenvalue weighted by molar-refractivity contribution is 5.71. The summed E-state index contributed by atoms with van der Waals surface area (Å²) in [5, 5.41) is 0. The van der Waals surface area contributed by atoms with Crippen LogP contribution >= 0.6 is 0 Å². The van der Waals surface area contributed by atoms with Gasteiger partial charge in [-0.05, 0) is 96.3 Å². The molecule has 0 aliphatic rings. The molecule has 0 amide bonds. The molecule has 0 aliphatic carbocycles. The van der Waals surface area contributed by atoms with E-state index in [2.05, 4.69) is 106 Å². The molecule has 0 heterocycles. The quantitative estimate of drug-likeness (QED) is 0.0261. The van der Waals surface area contributed by atoms with Crippen molar-refractivity contribution < 1.29 is 28.6 Å². The maximum absolute atomic E-state index is 13.0. The Morgan fingerprint density at radius 1 is 0.253 bits per heavy atom. The van der Waals surface area contributed by atoms with Crippen LogP contribution in [0.3, 0.4) is 0 Å². The Labute approximate surface area is 515 Å². The van der Waals surface area contributed by atoms with Gasteiger partial charge in [0.25, 0.3) is 0 Å². The van der Waals surface area contributed by atoms with Crippen LogP contribution in [-0.4, -0.2) is 37.2 Å². The zero-order valence-electron chi connectivity index (χ0n) is 55.2. The topological polar surface area (TPSA) is 78.9 Å². The van der Waals surface area contributed by atoms with E-state index >= 15 is 0 Å². The van der Waals surface area contributed by atoms with Gasteiger partial charge in [0, 0.05) is 19.3 Å². The molecule has 1 unspecified atom stereocenters. The van der Waals surface area contributed by atoms with E-state index in [1.807, 2.05) is 0 Å². The van der Waals surface area contributed by atoms with Gasteiger partial charge >= 0.3 is 17.9 Å². The molecule has 0 aromatic heterocycles. The van der Waals surface area contributed by atoms with Gasteiger partial charge in [-0.2, -0.15) is 0 Å². The second-order valence-electron chi connectivity index (χ2n) is 24.1. The van der Waals surface area contributed by atoms with Crippen LogP contribution in [0.4, 0.5) is 0 Å². The molecule has 0 fully saturated rings. The van der Waals surface area contributed by atoms with Crippen molar-refractivity contribution in [3.63, 3.8) is 0 Å². The average molecular weight is 1160 g/mol. The van der Waals surface area contributed by atoms with Crippen molar-refractivity contribution in [2.75, 3.05) is 13.2 Å². The van der Waals surface area contributed by atoms with E-state index in [1.54, 1.807) is 0 Å². The summed E-state index contributed by atoms with van der Waals surface area (Å²) >= 11 is 0. The maximum Gasteiger partial charge on any atom is 0.306 e. The Hall–Kier alpha value is -3.41. The lowest BCUT2D eigenvalue weighted by molar-refractivity contribution is -0.167. The van der Waals surface area contributed by atoms with Gasteiger partial charge in [-0.25, -0.2) is 0 Å². The minimum absolute atomic E-state index is 0.0797. The highest BCUT2D eigenvalue weighted by Crippen LogP contribution is 2.18. The number of rotatable bonds is 66. The highest BCUT2D eigenvalue weighted by atomic mass is 16.6. The van der Waals surface area contributed by atoms with Crippen molar-refractivity contribution in [3.05, 3.63) is 85.1 Å². The summed E-state index contributed by atoms with van der Waals surface area (Å²) in [6, 6.07) is 0. The second kappa shape index (κ2) is 71.1. The van der Waals surface area contributed by atoms with Crippen LogP contribution in [0.2, 0.25) is 0 Å². The van der Waals surface area contributed by atoms with Crippen molar-refractivity contribution >= 4 is 17.9 Å². The van der Waals surface area contributed by atoms with E-state index in [9.17, 15) is 14.4 Å². The molecule has 0 bridgehead atoms. The first kappa shape index (κ1) is 79.6. The summed E-state index contributed by atoms with van der Waals surface area (Å²) < 4.78 is 17.0. The number of hydrogen-bond acceptors (Lipinski definition) is 6. The molecule has 0 radical (unpaired) electrons. The van der Waals surface area contributed by atoms with Crippen LogP contribution in [0.15, 0.2) is 85.1 Å². The normalized spacial score (nSPS) is 12.6. The largest absolute Gasteiger partial charge is 0.462 e. The van der Waals surface area contributed by atoms with Crippen molar-refractivity contribution in [3.8, 4) is 0 Å². The van der Waals surface area contributed by atoms with Crippen LogP contribution in [0, 0.1) is 0 Å². The first-order valence-electron chi connectivity index (χ1n) is 36.1. The summed E-state index contributed by atoms with van der Waals surface area (Å²) in [5.41, 5.74) is 0. The maximum atomic E-state index is 13.0. The molecule has 83 heavy (non-hydrogen) atoms. The molecule has 0 rings (SSSR count). The van der Waals surface area contributed by atoms with Gasteiger partial charge in [-0.15, -0.1) is 0 Å². The molecule has 0 saturated carbocycles. The van der Waals surface area contributed by atoms with Crippen molar-refractivity contribution in [2.24, 2.45) is 0 Å². The molecule has 0 saturated heterocycles. The zero-order chi connectivity index (χ0) is 59.9. The minimum Gasteiger partial charge on any atom is -0.462 e. The van der Waals surface area contributed by atoms with Crippen LogP contribution in [0.25, 0.3) is 0 Å². The number of carbonyl (C=O) groups is 3. The summed E-state index contributed by atoms with van der Waals surface area (Å²) in [6.07, 6.45) is 94.7. The molecule has 6 nitrogen and oxygen atoms in total. The van der Waals surface area contributed by atoms with Gasteiger partial charge in [-0.3, -0.25) is 14.4 Å². The van der Waals surface area contributed by atoms with Gasteiger partial charge in [0.15, 0.2) is 6.10 Å². The smallest absolute Gasteiger partial charge is 0.306 e. The Bertz CT molecular complexity index is 1570. The monoisotopic (exact) mass is 1160 g/mol. The van der Waals surface area contributed by atoms with E-state index < -0.39 is 6.10 Å². The van der Waals surface area contributed by atoms with E-state index in [0.717, 1.165) is 109 Å². The van der Waals surface area contributed by atoms with E-state index in [0.29, 0.717) is 19.3 Å². The fourth-order valence-corrected chi connectivity index (χ4v) is 10.5. The molecule has 6 heteroatoms. The summed E-state index contributed by atoms with van der Waals surface area (Å²) in [5.74, 6) is -0.875. The molecule has 1 atom stereocenters. The lowest BCUT2D eigenvalue weighted by atomic mass is 10.0. The average Bonchev–Trinajstić information content (AvgIpc) is 3.50. The van der Waals surface area contributed by atoms with Crippen molar-refractivity contribution in [1.82, 2.24) is 0 Å². The van der Waals surface area contributed by atoms with E-state index in [1.165, 1.54) is 218 Å². The van der Waals surface area contributed by atoms with Crippen LogP contribution < -0.4 is 0 Å². The molecule has 0 aromatic rings. The lowest BCUT2D eigenvalue weighted by Gasteiger charge is -2.18. The van der Waals surface area contributed by atoms with Gasteiger partial charge in [0.2, 0.25) is 0 Å². The van der Waals surface area contributed by atoms with Crippen LogP contribution in [0.5, 0.6) is 0 Å². The standard InChI is InChI=1S/C77H136O6/c1-4-7-10-13-16-19-22-25-28-30-32-34-36-38-39-40-42-43-45-47-49-52-55-58-61-64-67-70-76(79)82-73-74(72-81-75(78)69-66-63-60-57-54-51-27-24-21-18-15-12-9-6-3)83-77(80)71-68-65-62-59-56-53-50-48-46-44-41-37-35-33-31-29-26-23-20-17-14-11-8-5-2/h7,10,16,19,24-25,27-28,32,34,38-39,42-43,74H,4-6,8-9,11-15,17-18,20-23,26,29-31,33,35-37,40-41,44-73H2,1-3H3/b10-7-,19-16-,27-24-,28-25-,34-32-,39-38-,43-42-. The third kappa shape index (κ3) is 69.3. The number of hydrogen-bond donors (Lipinski definition) is 0. The van der Waals surface area contributed by atoms with E-state index in [4.69, 9.17) is 14.2 Å². The fourth-order valence-electron chi connectivity index (χ4n) is 10.5. The number of carbonyl (C=O) groups excluding carboxylic acids is 3. The van der Waals surface area contributed by atoms with Crippen molar-refractivity contribution in [2.45, 2.75) is 374 Å². The molecule has 0 spiro atoms. The number of esters is 3. The Kier molecular flexibility index (Phi) is 68.2. The van der Waals surface area contributed by atoms with Gasteiger partial charge in [0.1, 0.15) is 13.2 Å². The predicted octanol–water partition coefficient (Wildman–Crippen LogP) is 25.0. The highest BCUT2D eigenvalue weighted by Gasteiger charge is 2.19. The summed E-state index contributed by atoms with van der Waals surface area (Å²) in [4.78, 5) is 38.5. The Morgan fingerprint density at radius 3 is 0.747 bits per heavy atom.